The summed E-state index contributed by atoms with van der Waals surface area (Å²) in [7, 11) is 0. The smallest absolute Gasteiger partial charge is 0.310 e. The topological polar surface area (TPSA) is 130 Å². The molecule has 14 rings (SSSR count). The first kappa shape index (κ1) is 93.1. The van der Waals surface area contributed by atoms with Crippen molar-refractivity contribution in [3.05, 3.63) is 419 Å². The van der Waals surface area contributed by atoms with E-state index in [4.69, 9.17) is 10.8 Å². The van der Waals surface area contributed by atoms with Crippen LogP contribution in [0.4, 0.5) is 30.7 Å². The summed E-state index contributed by atoms with van der Waals surface area (Å²) in [5, 5.41) is 21.0. The SMILES string of the molecule is CC(=O)NC(C)c1ccc(-c2ccccc2)c(F)c1.CC(Br)c1ccc(-c2ccccc2)c(F)c1.CC(C(=O)O)c1ccc(-c2ccccc2)c(F)c1.CC(C)c1ccc(-c2ccccc2)c(F)c1.CC(N)c1ccc(-c2ccccc2)c(F)c1.CC(O)c1ccc(-c2ccccc2)c(F)c1.CCC(=O)C(C)c1ccc(-c2ccccc2)c(F)c1. The lowest BCUT2D eigenvalue weighted by atomic mass is 9.93. The number of benzene rings is 14. The van der Waals surface area contributed by atoms with Crippen LogP contribution >= 0.6 is 15.9 Å². The van der Waals surface area contributed by atoms with Crippen molar-refractivity contribution in [1.82, 2.24) is 5.32 Å². The highest BCUT2D eigenvalue weighted by atomic mass is 79.9. The predicted octanol–water partition coefficient (Wildman–Crippen LogP) is 28.6. The Morgan fingerprint density at radius 1 is 0.325 bits per heavy atom. The van der Waals surface area contributed by atoms with Crippen LogP contribution in [0.15, 0.2) is 340 Å². The Morgan fingerprint density at radius 3 is 0.800 bits per heavy atom. The monoisotopic (exact) mass is 1680 g/mol. The molecule has 120 heavy (non-hydrogen) atoms. The lowest BCUT2D eigenvalue weighted by Crippen LogP contribution is -2.23. The number of carbonyl (C=O) groups excluding carboxylic acids is 2. The van der Waals surface area contributed by atoms with E-state index in [-0.39, 0.29) is 69.4 Å². The fraction of sp³-hybridized carbons (Fsp3) is 0.171. The summed E-state index contributed by atoms with van der Waals surface area (Å²) < 4.78 is 97.6. The van der Waals surface area contributed by atoms with Crippen molar-refractivity contribution < 1.29 is 55.3 Å². The molecule has 0 aromatic heterocycles. The third-order valence-corrected chi connectivity index (χ3v) is 20.3. The molecule has 0 aliphatic heterocycles. The van der Waals surface area contributed by atoms with Gasteiger partial charge in [0, 0.05) is 69.1 Å². The molecule has 0 aliphatic rings. The Bertz CT molecular complexity index is 5200. The van der Waals surface area contributed by atoms with Crippen LogP contribution in [0.1, 0.15) is 155 Å². The van der Waals surface area contributed by atoms with Crippen molar-refractivity contribution in [3.8, 4) is 77.9 Å². The van der Waals surface area contributed by atoms with E-state index in [1.807, 2.05) is 289 Å². The Balaban J connectivity index is 0.000000174. The molecule has 5 N–H and O–H groups in total. The van der Waals surface area contributed by atoms with Gasteiger partial charge in [-0.2, -0.15) is 0 Å². The number of carboxylic acid groups (broad SMARTS) is 1. The summed E-state index contributed by atoms with van der Waals surface area (Å²) in [5.74, 6) is -3.33. The number of aliphatic hydroxyl groups is 1. The number of hydrogen-bond donors (Lipinski definition) is 4. The standard InChI is InChI=1S/C17H17FO.C16H16FNO.C15H13FO2.C15H15F.C14H12BrF.C14H14FN.C14H13FO/c1-3-17(19)12(2)14-9-10-15(16(18)11-14)13-7-5-4-6-8-13;1-11(18-12(2)19)14-8-9-15(16(17)10-14)13-6-4-3-5-7-13;1-10(15(17)18)12-7-8-13(14(16)9-12)11-5-3-2-4-6-11;1-11(2)13-8-9-14(15(16)10-13)12-6-4-3-5-7-12;1-10(15)12-7-8-13(14(16)9-12)11-5-3-2-4-6-11;2*1-10(16)12-7-8-13(14(15)9-12)11-5-3-2-4-6-11/h4-12H,3H2,1-2H3;3-11H,1-2H3,(H,18,19);2-10H,1H3,(H,17,18);3-11H,1-2H3;2-10H,1H3;2-10H,16H2,1H3;2-10,16H,1H3. The summed E-state index contributed by atoms with van der Waals surface area (Å²) in [4.78, 5) is 33.7. The number of ketones is 1. The number of Topliss-reactive ketones (excluding diaryl/α,β-unsaturated/α-hetero) is 1. The van der Waals surface area contributed by atoms with E-state index in [1.165, 1.54) is 37.3 Å². The quantitative estimate of drug-likeness (QED) is 0.0500. The molecule has 15 heteroatoms. The average Bonchev–Trinajstić information content (AvgIpc) is 0.614. The zero-order valence-corrected chi connectivity index (χ0v) is 70.4. The van der Waals surface area contributed by atoms with Crippen LogP contribution in [0.5, 0.6) is 0 Å². The van der Waals surface area contributed by atoms with Gasteiger partial charge in [0.25, 0.3) is 0 Å². The van der Waals surface area contributed by atoms with Crippen LogP contribution in [0.3, 0.4) is 0 Å². The molecule has 1 amide bonds. The Morgan fingerprint density at radius 2 is 0.550 bits per heavy atom. The van der Waals surface area contributed by atoms with Crippen molar-refractivity contribution in [2.45, 2.75) is 116 Å². The maximum Gasteiger partial charge on any atom is 0.310 e. The molecule has 0 radical (unpaired) electrons. The molecule has 7 nitrogen and oxygen atoms in total. The van der Waals surface area contributed by atoms with Gasteiger partial charge in [0.15, 0.2) is 0 Å². The molecule has 0 spiro atoms. The number of carboxylic acids is 1. The second-order valence-electron chi connectivity index (χ2n) is 29.0. The normalized spacial score (nSPS) is 12.0. The molecule has 0 saturated heterocycles. The first-order valence-electron chi connectivity index (χ1n) is 39.6. The number of halogens is 8. The van der Waals surface area contributed by atoms with Gasteiger partial charge in [0.05, 0.1) is 18.1 Å². The van der Waals surface area contributed by atoms with Gasteiger partial charge in [-0.1, -0.05) is 341 Å². The number of aliphatic hydroxyl groups excluding tert-OH is 1. The van der Waals surface area contributed by atoms with E-state index in [1.54, 1.807) is 68.4 Å². The summed E-state index contributed by atoms with van der Waals surface area (Å²) in [6, 6.07) is 101. The number of aliphatic carboxylic acids is 1. The number of alkyl halides is 1. The van der Waals surface area contributed by atoms with Crippen molar-refractivity contribution in [2.75, 3.05) is 0 Å². The molecule has 0 fully saturated rings. The van der Waals surface area contributed by atoms with Gasteiger partial charge < -0.3 is 21.3 Å². The fourth-order valence-electron chi connectivity index (χ4n) is 12.7. The Hall–Kier alpha value is -12.4. The van der Waals surface area contributed by atoms with Gasteiger partial charge in [0.1, 0.15) is 46.5 Å². The van der Waals surface area contributed by atoms with Gasteiger partial charge >= 0.3 is 5.97 Å². The highest BCUT2D eigenvalue weighted by molar-refractivity contribution is 9.09. The third kappa shape index (κ3) is 27.6. The van der Waals surface area contributed by atoms with E-state index < -0.39 is 23.8 Å². The maximum absolute atomic E-state index is 14.2. The predicted molar refractivity (Wildman–Crippen MR) is 480 cm³/mol. The van der Waals surface area contributed by atoms with E-state index in [9.17, 15) is 50.2 Å². The van der Waals surface area contributed by atoms with Gasteiger partial charge in [-0.25, -0.2) is 30.7 Å². The van der Waals surface area contributed by atoms with E-state index >= 15 is 0 Å². The number of carbonyl (C=O) groups is 3. The van der Waals surface area contributed by atoms with Gasteiger partial charge in [-0.05, 0) is 161 Å². The molecule has 0 saturated carbocycles. The first-order chi connectivity index (χ1) is 57.5. The van der Waals surface area contributed by atoms with Gasteiger partial charge in [-0.3, -0.25) is 14.4 Å². The summed E-state index contributed by atoms with van der Waals surface area (Å²) >= 11 is 3.43. The number of amides is 1. The molecule has 0 bridgehead atoms. The van der Waals surface area contributed by atoms with Crippen LogP contribution in [-0.4, -0.2) is 27.9 Å². The zero-order chi connectivity index (χ0) is 87.0. The molecule has 14 aromatic carbocycles. The van der Waals surface area contributed by atoms with Crippen LogP contribution in [0.2, 0.25) is 0 Å². The summed E-state index contributed by atoms with van der Waals surface area (Å²) in [6.45, 7) is 18.1. The van der Waals surface area contributed by atoms with Crippen molar-refractivity contribution in [1.29, 1.82) is 0 Å². The molecule has 0 heterocycles. The fourth-order valence-corrected chi connectivity index (χ4v) is 12.9. The molecule has 6 atom stereocenters. The van der Waals surface area contributed by atoms with Gasteiger partial charge in [0.2, 0.25) is 5.91 Å². The Labute approximate surface area is 709 Å². The maximum atomic E-state index is 14.2. The van der Waals surface area contributed by atoms with Crippen molar-refractivity contribution in [3.63, 3.8) is 0 Å². The largest absolute Gasteiger partial charge is 0.481 e. The molecule has 14 aromatic rings. The molecular weight excluding hydrogens is 1580 g/mol. The number of rotatable bonds is 18. The van der Waals surface area contributed by atoms with E-state index in [2.05, 4.69) is 35.1 Å². The summed E-state index contributed by atoms with van der Waals surface area (Å²) in [6.07, 6.45) is -0.164. The van der Waals surface area contributed by atoms with Crippen molar-refractivity contribution in [2.24, 2.45) is 5.73 Å². The molecule has 6 unspecified atom stereocenters. The molecular formula is C105H100BrF7N2O5. The Kier molecular flexibility index (Phi) is 36.2. The zero-order valence-electron chi connectivity index (χ0n) is 68.8. The van der Waals surface area contributed by atoms with Gasteiger partial charge in [-0.15, -0.1) is 0 Å². The third-order valence-electron chi connectivity index (χ3n) is 19.8. The van der Waals surface area contributed by atoms with Crippen LogP contribution < -0.4 is 11.1 Å². The van der Waals surface area contributed by atoms with Crippen LogP contribution in [0.25, 0.3) is 77.9 Å². The first-order valence-corrected chi connectivity index (χ1v) is 40.5. The second-order valence-corrected chi connectivity index (χ2v) is 30.4. The second kappa shape index (κ2) is 46.7. The minimum absolute atomic E-state index is 0.125. The highest BCUT2D eigenvalue weighted by Crippen LogP contribution is 2.34. The van der Waals surface area contributed by atoms with E-state index in [0.717, 1.165) is 66.8 Å². The molecule has 616 valence electrons. The summed E-state index contributed by atoms with van der Waals surface area (Å²) in [5.41, 5.74) is 21.2. The van der Waals surface area contributed by atoms with Crippen molar-refractivity contribution >= 4 is 33.6 Å². The lowest BCUT2D eigenvalue weighted by Gasteiger charge is -2.14. The number of hydrogen-bond acceptors (Lipinski definition) is 5. The van der Waals surface area contributed by atoms with Crippen LogP contribution in [0, 0.1) is 40.7 Å². The number of nitrogens with two attached hydrogens (primary N) is 1. The highest BCUT2D eigenvalue weighted by Gasteiger charge is 2.20. The average molecular weight is 1680 g/mol. The minimum atomic E-state index is -0.957. The molecule has 0 aliphatic carbocycles. The lowest BCUT2D eigenvalue weighted by molar-refractivity contribution is -0.138. The number of nitrogens with one attached hydrogen (secondary N) is 1. The minimum Gasteiger partial charge on any atom is -0.481 e. The van der Waals surface area contributed by atoms with Crippen LogP contribution in [-0.2, 0) is 14.4 Å². The van der Waals surface area contributed by atoms with E-state index in [0.29, 0.717) is 62.4 Å².